The highest BCUT2D eigenvalue weighted by atomic mass is 32.1. The van der Waals surface area contributed by atoms with Gasteiger partial charge in [-0.15, -0.1) is 34.0 Å². The lowest BCUT2D eigenvalue weighted by atomic mass is 10.3. The quantitative estimate of drug-likeness (QED) is 0.565. The molecular formula is C17H13N3OS3. The zero-order chi connectivity index (χ0) is 16.5. The highest BCUT2D eigenvalue weighted by molar-refractivity contribution is 7.26. The van der Waals surface area contributed by atoms with Crippen LogP contribution in [0.2, 0.25) is 0 Å². The number of hydrogen-bond donors (Lipinski definition) is 1. The molecule has 0 aliphatic heterocycles. The van der Waals surface area contributed by atoms with Gasteiger partial charge in [0.15, 0.2) is 0 Å². The molecule has 0 spiro atoms. The van der Waals surface area contributed by atoms with Crippen LogP contribution < -0.4 is 5.32 Å². The number of aryl methyl sites for hydroxylation is 1. The van der Waals surface area contributed by atoms with E-state index < -0.39 is 0 Å². The Kier molecular flexibility index (Phi) is 4.13. The van der Waals surface area contributed by atoms with E-state index in [-0.39, 0.29) is 5.91 Å². The fourth-order valence-corrected chi connectivity index (χ4v) is 4.86. The lowest BCUT2D eigenvalue weighted by Gasteiger charge is -2.00. The summed E-state index contributed by atoms with van der Waals surface area (Å²) in [7, 11) is 0. The topological polar surface area (TPSA) is 54.9 Å². The van der Waals surface area contributed by atoms with Gasteiger partial charge in [0.2, 0.25) is 0 Å². The van der Waals surface area contributed by atoms with E-state index >= 15 is 0 Å². The molecule has 0 fully saturated rings. The second kappa shape index (κ2) is 6.43. The predicted octanol–water partition coefficient (Wildman–Crippen LogP) is 4.72. The molecule has 3 heterocycles. The maximum absolute atomic E-state index is 12.3. The minimum absolute atomic E-state index is 0.0713. The summed E-state index contributed by atoms with van der Waals surface area (Å²) in [5.41, 5.74) is 1.89. The molecule has 0 atom stereocenters. The van der Waals surface area contributed by atoms with Gasteiger partial charge in [-0.3, -0.25) is 4.79 Å². The maximum atomic E-state index is 12.3. The molecule has 1 aromatic carbocycles. The van der Waals surface area contributed by atoms with Crippen molar-refractivity contribution in [3.63, 3.8) is 0 Å². The van der Waals surface area contributed by atoms with E-state index in [2.05, 4.69) is 21.4 Å². The molecular weight excluding hydrogens is 358 g/mol. The average molecular weight is 372 g/mol. The van der Waals surface area contributed by atoms with Gasteiger partial charge in [-0.05, 0) is 31.2 Å². The summed E-state index contributed by atoms with van der Waals surface area (Å²) in [6.45, 7) is 2.41. The monoisotopic (exact) mass is 371 g/mol. The van der Waals surface area contributed by atoms with Crippen LogP contribution in [-0.2, 0) is 6.54 Å². The highest BCUT2D eigenvalue weighted by Gasteiger charge is 2.13. The van der Waals surface area contributed by atoms with Gasteiger partial charge in [-0.2, -0.15) is 0 Å². The van der Waals surface area contributed by atoms with Gasteiger partial charge in [0.05, 0.1) is 37.2 Å². The van der Waals surface area contributed by atoms with Crippen LogP contribution >= 0.6 is 34.0 Å². The van der Waals surface area contributed by atoms with Gasteiger partial charge < -0.3 is 5.32 Å². The largest absolute Gasteiger partial charge is 0.346 e. The van der Waals surface area contributed by atoms with Crippen LogP contribution in [0.15, 0.2) is 41.8 Å². The number of aromatic nitrogens is 2. The van der Waals surface area contributed by atoms with Crippen molar-refractivity contribution >= 4 is 50.1 Å². The van der Waals surface area contributed by atoms with Crippen molar-refractivity contribution in [2.45, 2.75) is 13.5 Å². The van der Waals surface area contributed by atoms with Crippen LogP contribution in [0.5, 0.6) is 0 Å². The number of rotatable bonds is 4. The molecule has 0 unspecified atom stereocenters. The van der Waals surface area contributed by atoms with Gasteiger partial charge in [-0.25, -0.2) is 9.97 Å². The molecule has 0 aliphatic rings. The Morgan fingerprint density at radius 2 is 2.00 bits per heavy atom. The number of hydrogen-bond acceptors (Lipinski definition) is 6. The predicted molar refractivity (Wildman–Crippen MR) is 101 cm³/mol. The molecule has 4 nitrogen and oxygen atoms in total. The number of fused-ring (bicyclic) bond motifs is 1. The van der Waals surface area contributed by atoms with Crippen LogP contribution in [0, 0.1) is 6.92 Å². The Hall–Kier alpha value is -2.09. The molecule has 120 valence electrons. The summed E-state index contributed by atoms with van der Waals surface area (Å²) in [4.78, 5) is 23.0. The zero-order valence-electron chi connectivity index (χ0n) is 12.8. The lowest BCUT2D eigenvalue weighted by molar-refractivity contribution is 0.0954. The number of thiazole rings is 2. The van der Waals surface area contributed by atoms with Crippen LogP contribution in [0.1, 0.15) is 20.4 Å². The SMILES string of the molecule is Cc1nc(CNC(=O)c2ccc(-c3nc4ccccc4s3)s2)cs1. The number of para-hydroxylation sites is 1. The van der Waals surface area contributed by atoms with E-state index in [1.54, 1.807) is 22.7 Å². The van der Waals surface area contributed by atoms with E-state index in [1.807, 2.05) is 42.6 Å². The Morgan fingerprint density at radius 3 is 2.79 bits per heavy atom. The third-order valence-corrected chi connectivity index (χ3v) is 6.54. The Bertz CT molecular complexity index is 982. The molecule has 0 bridgehead atoms. The van der Waals surface area contributed by atoms with Crippen LogP contribution in [-0.4, -0.2) is 15.9 Å². The Morgan fingerprint density at radius 1 is 1.12 bits per heavy atom. The minimum atomic E-state index is -0.0713. The number of benzene rings is 1. The minimum Gasteiger partial charge on any atom is -0.346 e. The van der Waals surface area contributed by atoms with Crippen molar-refractivity contribution in [3.05, 3.63) is 57.4 Å². The van der Waals surface area contributed by atoms with E-state index in [1.165, 1.54) is 11.3 Å². The van der Waals surface area contributed by atoms with Gasteiger partial charge in [0.1, 0.15) is 5.01 Å². The molecule has 4 rings (SSSR count). The normalized spacial score (nSPS) is 11.0. The molecule has 1 N–H and O–H groups in total. The summed E-state index contributed by atoms with van der Waals surface area (Å²) < 4.78 is 1.16. The molecule has 3 aromatic heterocycles. The van der Waals surface area contributed by atoms with E-state index in [4.69, 9.17) is 0 Å². The van der Waals surface area contributed by atoms with Crippen molar-refractivity contribution in [2.24, 2.45) is 0 Å². The van der Waals surface area contributed by atoms with Gasteiger partial charge in [0, 0.05) is 5.38 Å². The maximum Gasteiger partial charge on any atom is 0.261 e. The van der Waals surface area contributed by atoms with Crippen molar-refractivity contribution in [1.82, 2.24) is 15.3 Å². The number of nitrogens with one attached hydrogen (secondary N) is 1. The Labute approximate surface area is 150 Å². The van der Waals surface area contributed by atoms with E-state index in [0.717, 1.165) is 30.8 Å². The fourth-order valence-electron chi connectivity index (χ4n) is 2.30. The molecule has 0 aliphatic carbocycles. The van der Waals surface area contributed by atoms with Gasteiger partial charge in [0.25, 0.3) is 5.91 Å². The third-order valence-electron chi connectivity index (χ3n) is 3.43. The van der Waals surface area contributed by atoms with E-state index in [0.29, 0.717) is 11.4 Å². The number of nitrogens with zero attached hydrogens (tertiary/aromatic N) is 2. The van der Waals surface area contributed by atoms with Crippen molar-refractivity contribution in [2.75, 3.05) is 0 Å². The molecule has 0 radical (unpaired) electrons. The smallest absolute Gasteiger partial charge is 0.261 e. The van der Waals surface area contributed by atoms with Gasteiger partial charge in [-0.1, -0.05) is 12.1 Å². The Balaban J connectivity index is 1.50. The fraction of sp³-hybridized carbons (Fsp3) is 0.118. The van der Waals surface area contributed by atoms with E-state index in [9.17, 15) is 4.79 Å². The molecule has 0 saturated heterocycles. The summed E-state index contributed by atoms with van der Waals surface area (Å²) in [6.07, 6.45) is 0. The first-order valence-corrected chi connectivity index (χ1v) is 9.85. The van der Waals surface area contributed by atoms with Crippen LogP contribution in [0.25, 0.3) is 20.1 Å². The standard InChI is InChI=1S/C17H13N3OS3/c1-10-19-11(9-22-10)8-18-16(21)14-6-7-15(23-14)17-20-12-4-2-3-5-13(12)24-17/h2-7,9H,8H2,1H3,(H,18,21). The van der Waals surface area contributed by atoms with Crippen LogP contribution in [0.4, 0.5) is 0 Å². The first kappa shape index (κ1) is 15.4. The molecule has 1 amide bonds. The lowest BCUT2D eigenvalue weighted by Crippen LogP contribution is -2.21. The number of amides is 1. The number of carbonyl (C=O) groups excluding carboxylic acids is 1. The summed E-state index contributed by atoms with van der Waals surface area (Å²) >= 11 is 4.70. The summed E-state index contributed by atoms with van der Waals surface area (Å²) in [5.74, 6) is -0.0713. The average Bonchev–Trinajstić information content (AvgIpc) is 3.31. The summed E-state index contributed by atoms with van der Waals surface area (Å²) in [5, 5.41) is 6.85. The number of thiophene rings is 1. The van der Waals surface area contributed by atoms with Crippen molar-refractivity contribution < 1.29 is 4.79 Å². The van der Waals surface area contributed by atoms with Crippen molar-refractivity contribution in [1.29, 1.82) is 0 Å². The second-order valence-electron chi connectivity index (χ2n) is 5.19. The summed E-state index contributed by atoms with van der Waals surface area (Å²) in [6, 6.07) is 11.9. The first-order valence-electron chi connectivity index (χ1n) is 7.34. The van der Waals surface area contributed by atoms with Gasteiger partial charge >= 0.3 is 0 Å². The zero-order valence-corrected chi connectivity index (χ0v) is 15.2. The highest BCUT2D eigenvalue weighted by Crippen LogP contribution is 2.34. The first-order chi connectivity index (χ1) is 11.7. The third kappa shape index (κ3) is 3.10. The molecule has 0 saturated carbocycles. The number of carbonyl (C=O) groups is 1. The molecule has 7 heteroatoms. The molecule has 4 aromatic rings. The molecule has 24 heavy (non-hydrogen) atoms. The second-order valence-corrected chi connectivity index (χ2v) is 8.37. The van der Waals surface area contributed by atoms with Crippen LogP contribution in [0.3, 0.4) is 0 Å². The van der Waals surface area contributed by atoms with Crippen molar-refractivity contribution in [3.8, 4) is 9.88 Å².